The Labute approximate surface area is 93.0 Å². The highest BCUT2D eigenvalue weighted by Crippen LogP contribution is 2.25. The Bertz CT molecular complexity index is 216. The third-order valence-corrected chi connectivity index (χ3v) is 3.17. The number of amides is 1. The van der Waals surface area contributed by atoms with Crippen molar-refractivity contribution < 1.29 is 4.79 Å². The molecular formula is C12H24N2O. The van der Waals surface area contributed by atoms with Gasteiger partial charge in [-0.05, 0) is 32.1 Å². The molecule has 2 unspecified atom stereocenters. The maximum Gasteiger partial charge on any atom is 0.223 e. The third-order valence-electron chi connectivity index (χ3n) is 3.17. The van der Waals surface area contributed by atoms with Gasteiger partial charge in [0, 0.05) is 25.0 Å². The number of piperidine rings is 1. The normalized spacial score (nSPS) is 24.7. The molecule has 1 fully saturated rings. The Morgan fingerprint density at radius 1 is 1.47 bits per heavy atom. The number of hydrogen-bond donors (Lipinski definition) is 1. The van der Waals surface area contributed by atoms with Gasteiger partial charge in [-0.1, -0.05) is 13.8 Å². The zero-order valence-corrected chi connectivity index (χ0v) is 10.2. The van der Waals surface area contributed by atoms with Crippen molar-refractivity contribution >= 4 is 5.91 Å². The molecule has 0 aromatic carbocycles. The first-order chi connectivity index (χ1) is 7.06. The van der Waals surface area contributed by atoms with Gasteiger partial charge in [-0.3, -0.25) is 4.79 Å². The van der Waals surface area contributed by atoms with E-state index in [0.29, 0.717) is 30.8 Å². The maximum atomic E-state index is 11.9. The van der Waals surface area contributed by atoms with Crippen LogP contribution >= 0.6 is 0 Å². The Hall–Kier alpha value is -0.570. The molecule has 0 aromatic heterocycles. The average Bonchev–Trinajstić information content (AvgIpc) is 2.16. The lowest BCUT2D eigenvalue weighted by Gasteiger charge is -2.40. The van der Waals surface area contributed by atoms with Crippen molar-refractivity contribution in [3.05, 3.63) is 0 Å². The Balaban J connectivity index is 2.68. The molecule has 1 aliphatic heterocycles. The topological polar surface area (TPSA) is 46.3 Å². The summed E-state index contributed by atoms with van der Waals surface area (Å²) in [6.45, 7) is 7.05. The second kappa shape index (κ2) is 5.50. The second-order valence-electron chi connectivity index (χ2n) is 5.06. The molecule has 1 heterocycles. The number of nitrogens with two attached hydrogens (primary N) is 1. The number of rotatable bonds is 4. The molecule has 0 aromatic rings. The third kappa shape index (κ3) is 3.20. The zero-order chi connectivity index (χ0) is 11.4. The fraction of sp³-hybridized carbons (Fsp3) is 0.917. The molecule has 3 nitrogen and oxygen atoms in total. The van der Waals surface area contributed by atoms with Crippen molar-refractivity contribution in [1.29, 1.82) is 0 Å². The molecule has 2 N–H and O–H groups in total. The van der Waals surface area contributed by atoms with Crippen molar-refractivity contribution in [3.8, 4) is 0 Å². The van der Waals surface area contributed by atoms with Crippen molar-refractivity contribution in [2.24, 2.45) is 11.7 Å². The van der Waals surface area contributed by atoms with E-state index >= 15 is 0 Å². The first kappa shape index (κ1) is 12.5. The number of carbonyl (C=O) groups excluding carboxylic acids is 1. The molecule has 0 radical (unpaired) electrons. The molecule has 1 aliphatic rings. The van der Waals surface area contributed by atoms with E-state index in [2.05, 4.69) is 20.8 Å². The second-order valence-corrected chi connectivity index (χ2v) is 5.06. The summed E-state index contributed by atoms with van der Waals surface area (Å²) in [6.07, 6.45) is 4.01. The molecule has 88 valence electrons. The largest absolute Gasteiger partial charge is 0.336 e. The minimum atomic E-state index is 0.196. The monoisotopic (exact) mass is 212 g/mol. The molecular weight excluding hydrogens is 188 g/mol. The summed E-state index contributed by atoms with van der Waals surface area (Å²) in [5.41, 5.74) is 5.66. The van der Waals surface area contributed by atoms with Gasteiger partial charge >= 0.3 is 0 Å². The predicted octanol–water partition coefficient (Wildman–Crippen LogP) is 1.76. The zero-order valence-electron chi connectivity index (χ0n) is 10.2. The number of hydrogen-bond acceptors (Lipinski definition) is 2. The number of carbonyl (C=O) groups is 1. The van der Waals surface area contributed by atoms with Crippen molar-refractivity contribution in [2.45, 2.75) is 58.5 Å². The van der Waals surface area contributed by atoms with Crippen LogP contribution in [0.25, 0.3) is 0 Å². The lowest BCUT2D eigenvalue weighted by Crippen LogP contribution is -2.51. The minimum absolute atomic E-state index is 0.196. The molecule has 0 aliphatic carbocycles. The van der Waals surface area contributed by atoms with Gasteiger partial charge in [-0.2, -0.15) is 0 Å². The highest BCUT2D eigenvalue weighted by atomic mass is 16.2. The summed E-state index contributed by atoms with van der Waals surface area (Å²) in [5.74, 6) is 0.943. The summed E-state index contributed by atoms with van der Waals surface area (Å²) in [6, 6.07) is 0.617. The summed E-state index contributed by atoms with van der Waals surface area (Å²) < 4.78 is 0. The van der Waals surface area contributed by atoms with Gasteiger partial charge in [-0.25, -0.2) is 0 Å². The Kier molecular flexibility index (Phi) is 4.58. The predicted molar refractivity (Wildman–Crippen MR) is 62.5 cm³/mol. The quantitative estimate of drug-likeness (QED) is 0.772. The molecule has 1 saturated heterocycles. The van der Waals surface area contributed by atoms with Crippen LogP contribution in [0.3, 0.4) is 0 Å². The SMILES string of the molecule is CC(C)CC1CCCC(=O)N1C(C)CN. The van der Waals surface area contributed by atoms with Crippen LogP contribution in [-0.4, -0.2) is 29.4 Å². The van der Waals surface area contributed by atoms with Crippen LogP contribution in [0.2, 0.25) is 0 Å². The van der Waals surface area contributed by atoms with E-state index in [0.717, 1.165) is 19.3 Å². The Morgan fingerprint density at radius 3 is 2.67 bits per heavy atom. The van der Waals surface area contributed by atoms with Crippen LogP contribution in [0, 0.1) is 5.92 Å². The van der Waals surface area contributed by atoms with Gasteiger partial charge in [0.2, 0.25) is 5.91 Å². The number of likely N-dealkylation sites (tertiary alicyclic amines) is 1. The molecule has 2 atom stereocenters. The summed E-state index contributed by atoms with van der Waals surface area (Å²) in [7, 11) is 0. The average molecular weight is 212 g/mol. The van der Waals surface area contributed by atoms with Crippen LogP contribution in [0.4, 0.5) is 0 Å². The van der Waals surface area contributed by atoms with Gasteiger partial charge in [0.25, 0.3) is 0 Å². The van der Waals surface area contributed by atoms with Crippen LogP contribution in [0.15, 0.2) is 0 Å². The summed E-state index contributed by atoms with van der Waals surface area (Å²) >= 11 is 0. The smallest absolute Gasteiger partial charge is 0.223 e. The fourth-order valence-electron chi connectivity index (χ4n) is 2.46. The Morgan fingerprint density at radius 2 is 2.13 bits per heavy atom. The standard InChI is InChI=1S/C12H24N2O/c1-9(2)7-11-5-4-6-12(15)14(11)10(3)8-13/h9-11H,4-8,13H2,1-3H3. The van der Waals surface area contributed by atoms with E-state index in [1.807, 2.05) is 4.90 Å². The lowest BCUT2D eigenvalue weighted by atomic mass is 9.92. The van der Waals surface area contributed by atoms with Crippen LogP contribution < -0.4 is 5.73 Å². The van der Waals surface area contributed by atoms with Crippen molar-refractivity contribution in [1.82, 2.24) is 4.90 Å². The first-order valence-corrected chi connectivity index (χ1v) is 6.07. The van der Waals surface area contributed by atoms with Crippen LogP contribution in [-0.2, 0) is 4.79 Å². The van der Waals surface area contributed by atoms with Crippen molar-refractivity contribution in [2.75, 3.05) is 6.54 Å². The van der Waals surface area contributed by atoms with Gasteiger partial charge in [0.15, 0.2) is 0 Å². The van der Waals surface area contributed by atoms with E-state index in [4.69, 9.17) is 5.73 Å². The fourth-order valence-corrected chi connectivity index (χ4v) is 2.46. The minimum Gasteiger partial charge on any atom is -0.336 e. The number of nitrogens with zero attached hydrogens (tertiary/aromatic N) is 1. The van der Waals surface area contributed by atoms with Crippen molar-refractivity contribution in [3.63, 3.8) is 0 Å². The highest BCUT2D eigenvalue weighted by Gasteiger charge is 2.31. The van der Waals surface area contributed by atoms with E-state index < -0.39 is 0 Å². The van der Waals surface area contributed by atoms with Gasteiger partial charge < -0.3 is 10.6 Å². The molecule has 0 bridgehead atoms. The van der Waals surface area contributed by atoms with Gasteiger partial charge in [-0.15, -0.1) is 0 Å². The molecule has 3 heteroatoms. The first-order valence-electron chi connectivity index (χ1n) is 6.07. The van der Waals surface area contributed by atoms with E-state index in [9.17, 15) is 4.79 Å². The molecule has 1 rings (SSSR count). The lowest BCUT2D eigenvalue weighted by molar-refractivity contribution is -0.139. The summed E-state index contributed by atoms with van der Waals surface area (Å²) in [4.78, 5) is 13.9. The molecule has 0 spiro atoms. The summed E-state index contributed by atoms with van der Waals surface area (Å²) in [5, 5.41) is 0. The van der Waals surface area contributed by atoms with Crippen LogP contribution in [0.5, 0.6) is 0 Å². The maximum absolute atomic E-state index is 11.9. The van der Waals surface area contributed by atoms with E-state index in [-0.39, 0.29) is 6.04 Å². The van der Waals surface area contributed by atoms with Crippen LogP contribution in [0.1, 0.15) is 46.5 Å². The molecule has 1 amide bonds. The van der Waals surface area contributed by atoms with E-state index in [1.165, 1.54) is 0 Å². The van der Waals surface area contributed by atoms with Gasteiger partial charge in [0.05, 0.1) is 0 Å². The highest BCUT2D eigenvalue weighted by molar-refractivity contribution is 5.77. The molecule has 0 saturated carbocycles. The molecule has 15 heavy (non-hydrogen) atoms. The van der Waals surface area contributed by atoms with E-state index in [1.54, 1.807) is 0 Å². The van der Waals surface area contributed by atoms with Gasteiger partial charge in [0.1, 0.15) is 0 Å².